The highest BCUT2D eigenvalue weighted by atomic mass is 16.4. The molecule has 0 saturated heterocycles. The molecule has 0 aliphatic rings. The van der Waals surface area contributed by atoms with E-state index in [-0.39, 0.29) is 0 Å². The van der Waals surface area contributed by atoms with E-state index < -0.39 is 14.2 Å². The fourth-order valence-corrected chi connectivity index (χ4v) is 7.93. The van der Waals surface area contributed by atoms with Crippen LogP contribution in [0, 0.1) is 0 Å². The van der Waals surface area contributed by atoms with Gasteiger partial charge in [-0.15, -0.1) is 0 Å². The van der Waals surface area contributed by atoms with Crippen LogP contribution in [-0.2, 0) is 26.2 Å². The summed E-state index contributed by atoms with van der Waals surface area (Å²) < 4.78 is 0. The summed E-state index contributed by atoms with van der Waals surface area (Å²) in [5.41, 5.74) is 8.83. The van der Waals surface area contributed by atoms with Crippen molar-refractivity contribution in [2.24, 2.45) is 0 Å². The van der Waals surface area contributed by atoms with Gasteiger partial charge in [-0.1, -0.05) is 121 Å². The van der Waals surface area contributed by atoms with Gasteiger partial charge in [0.1, 0.15) is 0 Å². The Balaban J connectivity index is 1.15. The van der Waals surface area contributed by atoms with Crippen molar-refractivity contribution in [2.45, 2.75) is 32.6 Å². The average molecular weight is 724 g/mol. The Morgan fingerprint density at radius 1 is 0.382 bits per heavy atom. The van der Waals surface area contributed by atoms with Crippen LogP contribution in [0.1, 0.15) is 28.7 Å². The number of rotatable bonds is 14. The minimum Gasteiger partial charge on any atom is -0.423 e. The first-order valence-electron chi connectivity index (χ1n) is 18.8. The highest BCUT2D eigenvalue weighted by molar-refractivity contribution is 6.59. The highest BCUT2D eigenvalue weighted by Gasteiger charge is 2.22. The summed E-state index contributed by atoms with van der Waals surface area (Å²) in [5, 5.41) is 45.6. The standard InChI is InChI=1S/C45H42B2N4O4/c52-46(53)40-20-7-1-14-32(40)28-50(30-38-34-16-3-9-22-42(34)48-43-23-10-4-17-35(38)43)26-13-27-51(29-33-15-2-8-21-41(33)47(54)55)31-39-36-18-5-11-24-44(36)49-45-25-12-6-19-37(39)45/h1-12,14-25,52-55H,13,26-31H2. The number of nitrogens with zero attached hydrogens (tertiary/aromatic N) is 4. The Morgan fingerprint density at radius 3 is 1.04 bits per heavy atom. The van der Waals surface area contributed by atoms with Crippen LogP contribution in [0.2, 0.25) is 0 Å². The van der Waals surface area contributed by atoms with Crippen LogP contribution in [-0.4, -0.2) is 67.2 Å². The molecular weight excluding hydrogens is 682 g/mol. The average Bonchev–Trinajstić information content (AvgIpc) is 3.20. The summed E-state index contributed by atoms with van der Waals surface area (Å²) in [6.45, 7) is 3.69. The molecule has 272 valence electrons. The molecule has 2 aromatic heterocycles. The van der Waals surface area contributed by atoms with E-state index in [1.54, 1.807) is 12.1 Å². The minimum absolute atomic E-state index is 0.495. The van der Waals surface area contributed by atoms with Crippen molar-refractivity contribution in [1.82, 2.24) is 19.8 Å². The van der Waals surface area contributed by atoms with Gasteiger partial charge in [0, 0.05) is 60.8 Å². The van der Waals surface area contributed by atoms with Crippen molar-refractivity contribution in [3.63, 3.8) is 0 Å². The molecule has 0 spiro atoms. The second kappa shape index (κ2) is 16.5. The van der Waals surface area contributed by atoms with E-state index >= 15 is 0 Å². The summed E-state index contributed by atoms with van der Waals surface area (Å²) >= 11 is 0. The molecule has 8 nitrogen and oxygen atoms in total. The van der Waals surface area contributed by atoms with Crippen LogP contribution in [0.5, 0.6) is 0 Å². The summed E-state index contributed by atoms with van der Waals surface area (Å²) in [4.78, 5) is 14.7. The first kappa shape index (κ1) is 36.5. The Hall–Kier alpha value is -5.45. The highest BCUT2D eigenvalue weighted by Crippen LogP contribution is 2.30. The van der Waals surface area contributed by atoms with Crippen molar-refractivity contribution < 1.29 is 20.1 Å². The quantitative estimate of drug-likeness (QED) is 0.0855. The molecule has 8 rings (SSSR count). The lowest BCUT2D eigenvalue weighted by Crippen LogP contribution is -2.37. The number of hydrogen-bond acceptors (Lipinski definition) is 8. The molecule has 2 heterocycles. The van der Waals surface area contributed by atoms with Gasteiger partial charge in [-0.3, -0.25) is 9.80 Å². The van der Waals surface area contributed by atoms with Gasteiger partial charge in [-0.05, 0) is 63.9 Å². The number of pyridine rings is 2. The lowest BCUT2D eigenvalue weighted by Gasteiger charge is -2.28. The molecule has 0 aliphatic heterocycles. The third kappa shape index (κ3) is 8.02. The SMILES string of the molecule is OB(O)c1ccccc1CN(CCCN(Cc1ccccc1B(O)O)Cc1c2ccccc2nc2ccccc12)Cc1c2ccccc2nc2ccccc12. The van der Waals surface area contributed by atoms with Crippen molar-refractivity contribution in [3.8, 4) is 0 Å². The van der Waals surface area contributed by atoms with Crippen LogP contribution in [0.4, 0.5) is 0 Å². The molecule has 0 radical (unpaired) electrons. The molecular formula is C45H42B2N4O4. The number of para-hydroxylation sites is 4. The number of hydrogen-bond donors (Lipinski definition) is 4. The zero-order valence-corrected chi connectivity index (χ0v) is 30.5. The molecule has 0 fully saturated rings. The van der Waals surface area contributed by atoms with Crippen LogP contribution in [0.15, 0.2) is 146 Å². The van der Waals surface area contributed by atoms with Crippen LogP contribution in [0.25, 0.3) is 43.6 Å². The fraction of sp³-hybridized carbons (Fsp3) is 0.156. The van der Waals surface area contributed by atoms with Gasteiger partial charge in [-0.2, -0.15) is 0 Å². The van der Waals surface area contributed by atoms with Gasteiger partial charge in [-0.25, -0.2) is 9.97 Å². The van der Waals surface area contributed by atoms with Gasteiger partial charge in [0.15, 0.2) is 0 Å². The van der Waals surface area contributed by atoms with E-state index in [1.807, 2.05) is 60.7 Å². The Labute approximate surface area is 321 Å². The molecule has 0 atom stereocenters. The van der Waals surface area contributed by atoms with E-state index in [4.69, 9.17) is 9.97 Å². The zero-order chi connectivity index (χ0) is 37.7. The third-order valence-corrected chi connectivity index (χ3v) is 10.6. The smallest absolute Gasteiger partial charge is 0.423 e. The van der Waals surface area contributed by atoms with Gasteiger partial charge in [0.25, 0.3) is 0 Å². The molecule has 10 heteroatoms. The van der Waals surface area contributed by atoms with Gasteiger partial charge in [0.2, 0.25) is 0 Å². The molecule has 0 unspecified atom stereocenters. The first-order chi connectivity index (χ1) is 26.9. The topological polar surface area (TPSA) is 113 Å². The number of benzene rings is 6. The van der Waals surface area contributed by atoms with Crippen LogP contribution >= 0.6 is 0 Å². The summed E-state index contributed by atoms with van der Waals surface area (Å²) in [6.07, 6.45) is 0.787. The van der Waals surface area contributed by atoms with Crippen LogP contribution < -0.4 is 10.9 Å². The van der Waals surface area contributed by atoms with Crippen LogP contribution in [0.3, 0.4) is 0 Å². The van der Waals surface area contributed by atoms with Gasteiger partial charge >= 0.3 is 14.2 Å². The van der Waals surface area contributed by atoms with Gasteiger partial charge < -0.3 is 20.1 Å². The summed E-state index contributed by atoms with van der Waals surface area (Å²) in [7, 11) is -3.16. The molecule has 55 heavy (non-hydrogen) atoms. The maximum absolute atomic E-state index is 10.3. The summed E-state index contributed by atoms with van der Waals surface area (Å²) in [6, 6.07) is 48.0. The van der Waals surface area contributed by atoms with E-state index in [0.29, 0.717) is 50.2 Å². The van der Waals surface area contributed by atoms with Crippen molar-refractivity contribution in [3.05, 3.63) is 168 Å². The molecule has 0 amide bonds. The maximum Gasteiger partial charge on any atom is 0.488 e. The fourth-order valence-electron chi connectivity index (χ4n) is 7.93. The second-order valence-corrected chi connectivity index (χ2v) is 14.2. The molecule has 0 saturated carbocycles. The lowest BCUT2D eigenvalue weighted by molar-refractivity contribution is 0.209. The summed E-state index contributed by atoms with van der Waals surface area (Å²) in [5.74, 6) is 0. The van der Waals surface area contributed by atoms with E-state index in [0.717, 1.165) is 61.2 Å². The first-order valence-corrected chi connectivity index (χ1v) is 18.8. The molecule has 4 N–H and O–H groups in total. The van der Waals surface area contributed by atoms with Crippen molar-refractivity contribution in [1.29, 1.82) is 0 Å². The van der Waals surface area contributed by atoms with E-state index in [1.165, 1.54) is 11.1 Å². The molecule has 0 bridgehead atoms. The van der Waals surface area contributed by atoms with Crippen molar-refractivity contribution in [2.75, 3.05) is 13.1 Å². The Morgan fingerprint density at radius 2 is 0.691 bits per heavy atom. The predicted octanol–water partition coefficient (Wildman–Crippen LogP) is 5.54. The van der Waals surface area contributed by atoms with E-state index in [9.17, 15) is 20.1 Å². The Kier molecular flexibility index (Phi) is 11.0. The number of fused-ring (bicyclic) bond motifs is 4. The molecule has 6 aromatic carbocycles. The zero-order valence-electron chi connectivity index (χ0n) is 30.5. The predicted molar refractivity (Wildman–Crippen MR) is 224 cm³/mol. The van der Waals surface area contributed by atoms with Crippen molar-refractivity contribution >= 4 is 68.8 Å². The second-order valence-electron chi connectivity index (χ2n) is 14.2. The van der Waals surface area contributed by atoms with Gasteiger partial charge in [0.05, 0.1) is 22.1 Å². The largest absolute Gasteiger partial charge is 0.488 e. The minimum atomic E-state index is -1.58. The Bertz CT molecular complexity index is 2320. The monoisotopic (exact) mass is 724 g/mol. The molecule has 0 aliphatic carbocycles. The molecule has 8 aromatic rings. The third-order valence-electron chi connectivity index (χ3n) is 10.6. The maximum atomic E-state index is 10.3. The lowest BCUT2D eigenvalue weighted by atomic mass is 9.77. The normalized spacial score (nSPS) is 11.7. The number of aromatic nitrogens is 2. The van der Waals surface area contributed by atoms with E-state index in [2.05, 4.69) is 82.6 Å².